The molecule has 1 aliphatic heterocycles. The minimum atomic E-state index is -0.0496. The lowest BCUT2D eigenvalue weighted by Crippen LogP contribution is -2.50. The summed E-state index contributed by atoms with van der Waals surface area (Å²) < 4.78 is 0. The van der Waals surface area contributed by atoms with E-state index in [1.807, 2.05) is 24.0 Å². The number of amides is 2. The van der Waals surface area contributed by atoms with E-state index in [2.05, 4.69) is 41.4 Å². The van der Waals surface area contributed by atoms with Crippen LogP contribution in [-0.2, 0) is 6.42 Å². The number of rotatable bonds is 3. The van der Waals surface area contributed by atoms with Crippen molar-refractivity contribution in [3.63, 3.8) is 0 Å². The molecule has 1 N–H and O–H groups in total. The average molecular weight is 358 g/mol. The molecule has 1 heterocycles. The molecule has 25 heavy (non-hydrogen) atoms. The van der Waals surface area contributed by atoms with Gasteiger partial charge in [-0.3, -0.25) is 0 Å². The number of urea groups is 1. The summed E-state index contributed by atoms with van der Waals surface area (Å²) in [6.45, 7) is 7.23. The Bertz CT molecular complexity index is 737. The minimum absolute atomic E-state index is 0.0496. The standard InChI is InChI=1S/C20H24ClN3O/c1-3-16-4-7-18(8-5-16)23-10-12-24(13-11-23)20(25)22-19-9-6-17(21)14-15(19)2/h4-9,14H,3,10-13H2,1-2H3,(H,22,25). The number of halogens is 1. The largest absolute Gasteiger partial charge is 0.368 e. The number of hydrogen-bond acceptors (Lipinski definition) is 2. The van der Waals surface area contributed by atoms with Gasteiger partial charge in [-0.05, 0) is 54.8 Å². The third-order valence-electron chi connectivity index (χ3n) is 4.71. The molecule has 0 bridgehead atoms. The lowest BCUT2D eigenvalue weighted by Gasteiger charge is -2.36. The van der Waals surface area contributed by atoms with Crippen LogP contribution in [0, 0.1) is 6.92 Å². The highest BCUT2D eigenvalue weighted by atomic mass is 35.5. The van der Waals surface area contributed by atoms with E-state index in [9.17, 15) is 4.79 Å². The van der Waals surface area contributed by atoms with Gasteiger partial charge in [-0.25, -0.2) is 4.79 Å². The van der Waals surface area contributed by atoms with Crippen LogP contribution in [0.1, 0.15) is 18.1 Å². The maximum absolute atomic E-state index is 12.5. The Morgan fingerprint density at radius 2 is 1.76 bits per heavy atom. The molecule has 0 radical (unpaired) electrons. The maximum atomic E-state index is 12.5. The fraction of sp³-hybridized carbons (Fsp3) is 0.350. The second-order valence-electron chi connectivity index (χ2n) is 6.38. The normalized spacial score (nSPS) is 14.5. The van der Waals surface area contributed by atoms with Crippen LogP contribution in [0.3, 0.4) is 0 Å². The molecule has 1 saturated heterocycles. The molecule has 4 nitrogen and oxygen atoms in total. The van der Waals surface area contributed by atoms with Crippen LogP contribution in [-0.4, -0.2) is 37.1 Å². The van der Waals surface area contributed by atoms with Crippen molar-refractivity contribution in [3.8, 4) is 0 Å². The second-order valence-corrected chi connectivity index (χ2v) is 6.82. The van der Waals surface area contributed by atoms with Gasteiger partial charge in [0.05, 0.1) is 0 Å². The van der Waals surface area contributed by atoms with Crippen LogP contribution < -0.4 is 10.2 Å². The molecule has 2 aromatic rings. The van der Waals surface area contributed by atoms with Crippen LogP contribution in [0.25, 0.3) is 0 Å². The lowest BCUT2D eigenvalue weighted by atomic mass is 10.1. The van der Waals surface area contributed by atoms with Crippen molar-refractivity contribution >= 4 is 29.0 Å². The van der Waals surface area contributed by atoms with Gasteiger partial charge in [0.2, 0.25) is 0 Å². The third kappa shape index (κ3) is 4.26. The highest BCUT2D eigenvalue weighted by Crippen LogP contribution is 2.21. The topological polar surface area (TPSA) is 35.6 Å². The zero-order chi connectivity index (χ0) is 17.8. The second kappa shape index (κ2) is 7.79. The quantitative estimate of drug-likeness (QED) is 0.873. The van der Waals surface area contributed by atoms with Crippen LogP contribution in [0.5, 0.6) is 0 Å². The highest BCUT2D eigenvalue weighted by Gasteiger charge is 2.21. The van der Waals surface area contributed by atoms with Gasteiger partial charge < -0.3 is 15.1 Å². The van der Waals surface area contributed by atoms with E-state index in [1.165, 1.54) is 11.3 Å². The fourth-order valence-corrected chi connectivity index (χ4v) is 3.30. The molecular formula is C20H24ClN3O. The fourth-order valence-electron chi connectivity index (χ4n) is 3.07. The Morgan fingerprint density at radius 1 is 1.08 bits per heavy atom. The predicted octanol–water partition coefficient (Wildman–Crippen LogP) is 4.56. The summed E-state index contributed by atoms with van der Waals surface area (Å²) in [5.74, 6) is 0. The SMILES string of the molecule is CCc1ccc(N2CCN(C(=O)Nc3ccc(Cl)cc3C)CC2)cc1. The van der Waals surface area contributed by atoms with Crippen molar-refractivity contribution in [2.45, 2.75) is 20.3 Å². The van der Waals surface area contributed by atoms with Crippen molar-refractivity contribution in [2.75, 3.05) is 36.4 Å². The average Bonchev–Trinajstić information content (AvgIpc) is 2.64. The first-order valence-corrected chi connectivity index (χ1v) is 9.10. The molecule has 1 aliphatic rings. The number of hydrogen-bond donors (Lipinski definition) is 1. The van der Waals surface area contributed by atoms with E-state index in [0.29, 0.717) is 18.1 Å². The lowest BCUT2D eigenvalue weighted by molar-refractivity contribution is 0.208. The van der Waals surface area contributed by atoms with Gasteiger partial charge >= 0.3 is 6.03 Å². The van der Waals surface area contributed by atoms with Gasteiger partial charge in [0, 0.05) is 42.6 Å². The Hall–Kier alpha value is -2.20. The molecule has 0 saturated carbocycles. The zero-order valence-electron chi connectivity index (χ0n) is 14.8. The number of nitrogens with one attached hydrogen (secondary N) is 1. The molecule has 0 spiro atoms. The summed E-state index contributed by atoms with van der Waals surface area (Å²) >= 11 is 5.97. The van der Waals surface area contributed by atoms with Crippen LogP contribution in [0.2, 0.25) is 5.02 Å². The first-order valence-electron chi connectivity index (χ1n) is 8.73. The summed E-state index contributed by atoms with van der Waals surface area (Å²) in [5, 5.41) is 3.67. The van der Waals surface area contributed by atoms with Crippen molar-refractivity contribution in [2.24, 2.45) is 0 Å². The van der Waals surface area contributed by atoms with Crippen molar-refractivity contribution < 1.29 is 4.79 Å². The molecule has 0 aromatic heterocycles. The molecule has 2 amide bonds. The van der Waals surface area contributed by atoms with Gasteiger partial charge in [-0.15, -0.1) is 0 Å². The number of piperazine rings is 1. The molecule has 3 rings (SSSR count). The molecule has 2 aromatic carbocycles. The molecule has 0 aliphatic carbocycles. The first kappa shape index (κ1) is 17.6. The van der Waals surface area contributed by atoms with Gasteiger partial charge in [0.15, 0.2) is 0 Å². The number of carbonyl (C=O) groups excluding carboxylic acids is 1. The van der Waals surface area contributed by atoms with Crippen molar-refractivity contribution in [3.05, 3.63) is 58.6 Å². The van der Waals surface area contributed by atoms with Gasteiger partial charge in [-0.1, -0.05) is 30.7 Å². The maximum Gasteiger partial charge on any atom is 0.321 e. The van der Waals surface area contributed by atoms with Gasteiger partial charge in [-0.2, -0.15) is 0 Å². The summed E-state index contributed by atoms with van der Waals surface area (Å²) in [5.41, 5.74) is 4.35. The van der Waals surface area contributed by atoms with Crippen LogP contribution in [0.4, 0.5) is 16.2 Å². The van der Waals surface area contributed by atoms with Crippen molar-refractivity contribution in [1.82, 2.24) is 4.90 Å². The predicted molar refractivity (Wildman–Crippen MR) is 105 cm³/mol. The Balaban J connectivity index is 1.56. The molecule has 0 atom stereocenters. The van der Waals surface area contributed by atoms with E-state index >= 15 is 0 Å². The van der Waals surface area contributed by atoms with E-state index in [-0.39, 0.29) is 6.03 Å². The summed E-state index contributed by atoms with van der Waals surface area (Å²) in [6, 6.07) is 14.1. The monoisotopic (exact) mass is 357 g/mol. The number of nitrogens with zero attached hydrogens (tertiary/aromatic N) is 2. The highest BCUT2D eigenvalue weighted by molar-refractivity contribution is 6.30. The molecule has 132 valence electrons. The molecule has 1 fully saturated rings. The Morgan fingerprint density at radius 3 is 2.36 bits per heavy atom. The van der Waals surface area contributed by atoms with Crippen LogP contribution in [0.15, 0.2) is 42.5 Å². The summed E-state index contributed by atoms with van der Waals surface area (Å²) in [6.07, 6.45) is 1.05. The number of aryl methyl sites for hydroxylation is 2. The minimum Gasteiger partial charge on any atom is -0.368 e. The number of benzene rings is 2. The van der Waals surface area contributed by atoms with Crippen molar-refractivity contribution in [1.29, 1.82) is 0 Å². The molecule has 5 heteroatoms. The number of anilines is 2. The Labute approximate surface area is 154 Å². The first-order chi connectivity index (χ1) is 12.1. The zero-order valence-corrected chi connectivity index (χ0v) is 15.5. The number of carbonyl (C=O) groups is 1. The molecule has 0 unspecified atom stereocenters. The van der Waals surface area contributed by atoms with E-state index in [1.54, 1.807) is 6.07 Å². The molecular weight excluding hydrogens is 334 g/mol. The smallest absolute Gasteiger partial charge is 0.321 e. The van der Waals surface area contributed by atoms with E-state index in [0.717, 1.165) is 30.8 Å². The summed E-state index contributed by atoms with van der Waals surface area (Å²) in [7, 11) is 0. The summed E-state index contributed by atoms with van der Waals surface area (Å²) in [4.78, 5) is 16.7. The van der Waals surface area contributed by atoms with E-state index < -0.39 is 0 Å². The van der Waals surface area contributed by atoms with Gasteiger partial charge in [0.25, 0.3) is 0 Å². The van der Waals surface area contributed by atoms with Gasteiger partial charge in [0.1, 0.15) is 0 Å². The Kier molecular flexibility index (Phi) is 5.49. The van der Waals surface area contributed by atoms with E-state index in [4.69, 9.17) is 11.6 Å². The van der Waals surface area contributed by atoms with Crippen LogP contribution >= 0.6 is 11.6 Å². The third-order valence-corrected chi connectivity index (χ3v) is 4.94.